The van der Waals surface area contributed by atoms with E-state index in [0.29, 0.717) is 24.0 Å². The van der Waals surface area contributed by atoms with Gasteiger partial charge in [-0.2, -0.15) is 0 Å². The Hall–Kier alpha value is -0.980. The summed E-state index contributed by atoms with van der Waals surface area (Å²) in [4.78, 5) is 0. The lowest BCUT2D eigenvalue weighted by atomic mass is 9.79. The van der Waals surface area contributed by atoms with Crippen molar-refractivity contribution < 1.29 is 9.84 Å². The monoisotopic (exact) mass is 292 g/mol. The fraction of sp³-hybridized carbons (Fsp3) is 0.867. The van der Waals surface area contributed by atoms with Crippen LogP contribution in [0.25, 0.3) is 0 Å². The standard InChI is InChI=1S/C15H24N4O2/c20-9-14-17-18-15(19(14)13-1-2-13)10-7-12(8-10)16-11-3-5-21-6-4-11/h10-13,16,20H,1-9H2. The van der Waals surface area contributed by atoms with Crippen LogP contribution in [0.15, 0.2) is 0 Å². The van der Waals surface area contributed by atoms with Crippen molar-refractivity contribution in [1.82, 2.24) is 20.1 Å². The summed E-state index contributed by atoms with van der Waals surface area (Å²) in [7, 11) is 0. The van der Waals surface area contributed by atoms with Crippen molar-refractivity contribution in [2.24, 2.45) is 0 Å². The SMILES string of the molecule is OCc1nnc(C2CC(NC3CCOCC3)C2)n1C1CC1. The number of rotatable bonds is 5. The molecule has 1 aromatic heterocycles. The van der Waals surface area contributed by atoms with Crippen molar-refractivity contribution in [3.05, 3.63) is 11.6 Å². The minimum Gasteiger partial charge on any atom is -0.388 e. The number of nitrogens with zero attached hydrogens (tertiary/aromatic N) is 3. The van der Waals surface area contributed by atoms with E-state index in [1.54, 1.807) is 0 Å². The molecule has 21 heavy (non-hydrogen) atoms. The van der Waals surface area contributed by atoms with Crippen LogP contribution in [-0.4, -0.2) is 45.2 Å². The zero-order chi connectivity index (χ0) is 14.2. The van der Waals surface area contributed by atoms with Gasteiger partial charge < -0.3 is 19.7 Å². The summed E-state index contributed by atoms with van der Waals surface area (Å²) in [5.74, 6) is 2.36. The van der Waals surface area contributed by atoms with Crippen molar-refractivity contribution >= 4 is 0 Å². The fourth-order valence-electron chi connectivity index (χ4n) is 3.62. The number of hydrogen-bond acceptors (Lipinski definition) is 5. The molecule has 0 unspecified atom stereocenters. The van der Waals surface area contributed by atoms with Gasteiger partial charge in [0.1, 0.15) is 12.4 Å². The van der Waals surface area contributed by atoms with E-state index in [-0.39, 0.29) is 6.61 Å². The van der Waals surface area contributed by atoms with Crippen LogP contribution in [0.1, 0.15) is 62.1 Å². The summed E-state index contributed by atoms with van der Waals surface area (Å²) >= 11 is 0. The third kappa shape index (κ3) is 2.72. The first-order chi connectivity index (χ1) is 10.3. The molecule has 2 heterocycles. The largest absolute Gasteiger partial charge is 0.388 e. The summed E-state index contributed by atoms with van der Waals surface area (Å²) in [5, 5.41) is 21.7. The topological polar surface area (TPSA) is 72.2 Å². The second-order valence-electron chi connectivity index (χ2n) is 6.65. The molecule has 0 amide bonds. The molecule has 0 bridgehead atoms. The molecular weight excluding hydrogens is 268 g/mol. The predicted molar refractivity (Wildman–Crippen MR) is 77.0 cm³/mol. The minimum absolute atomic E-state index is 0.0000271. The van der Waals surface area contributed by atoms with Crippen LogP contribution in [0, 0.1) is 0 Å². The van der Waals surface area contributed by atoms with Crippen molar-refractivity contribution in [2.45, 2.75) is 69.2 Å². The molecule has 0 radical (unpaired) electrons. The molecule has 4 rings (SSSR count). The van der Waals surface area contributed by atoms with E-state index in [2.05, 4.69) is 20.1 Å². The highest BCUT2D eigenvalue weighted by Crippen LogP contribution is 2.42. The number of aliphatic hydroxyl groups excluding tert-OH is 1. The zero-order valence-corrected chi connectivity index (χ0v) is 12.4. The van der Waals surface area contributed by atoms with Crippen LogP contribution in [0.5, 0.6) is 0 Å². The number of ether oxygens (including phenoxy) is 1. The fourth-order valence-corrected chi connectivity index (χ4v) is 3.62. The van der Waals surface area contributed by atoms with Crippen molar-refractivity contribution in [1.29, 1.82) is 0 Å². The van der Waals surface area contributed by atoms with Crippen LogP contribution in [0.3, 0.4) is 0 Å². The van der Waals surface area contributed by atoms with E-state index in [1.807, 2.05) is 0 Å². The lowest BCUT2D eigenvalue weighted by molar-refractivity contribution is 0.0694. The second-order valence-corrected chi connectivity index (χ2v) is 6.65. The van der Waals surface area contributed by atoms with E-state index in [4.69, 9.17) is 4.74 Å². The van der Waals surface area contributed by atoms with E-state index in [1.165, 1.54) is 12.8 Å². The molecule has 0 spiro atoms. The van der Waals surface area contributed by atoms with Gasteiger partial charge in [-0.15, -0.1) is 10.2 Å². The molecule has 2 N–H and O–H groups in total. The van der Waals surface area contributed by atoms with Gasteiger partial charge in [0.2, 0.25) is 0 Å². The Morgan fingerprint density at radius 1 is 1.10 bits per heavy atom. The molecular formula is C15H24N4O2. The Bertz CT molecular complexity index is 488. The third-order valence-electron chi connectivity index (χ3n) is 5.04. The van der Waals surface area contributed by atoms with Crippen LogP contribution >= 0.6 is 0 Å². The number of aromatic nitrogens is 3. The average Bonchev–Trinajstić information content (AvgIpc) is 3.23. The second kappa shape index (κ2) is 5.66. The zero-order valence-electron chi connectivity index (χ0n) is 12.4. The summed E-state index contributed by atoms with van der Waals surface area (Å²) < 4.78 is 7.61. The van der Waals surface area contributed by atoms with E-state index >= 15 is 0 Å². The lowest BCUT2D eigenvalue weighted by Gasteiger charge is -2.39. The van der Waals surface area contributed by atoms with Crippen LogP contribution in [0.2, 0.25) is 0 Å². The first-order valence-electron chi connectivity index (χ1n) is 8.23. The molecule has 3 aliphatic rings. The molecule has 2 aliphatic carbocycles. The number of hydrogen-bond donors (Lipinski definition) is 2. The summed E-state index contributed by atoms with van der Waals surface area (Å²) in [6.07, 6.45) is 6.96. The van der Waals surface area contributed by atoms with E-state index in [9.17, 15) is 5.11 Å². The van der Waals surface area contributed by atoms with Gasteiger partial charge in [-0.25, -0.2) is 0 Å². The quantitative estimate of drug-likeness (QED) is 0.851. The summed E-state index contributed by atoms with van der Waals surface area (Å²) in [6, 6.07) is 1.78. The highest BCUT2D eigenvalue weighted by Gasteiger charge is 2.38. The maximum absolute atomic E-state index is 9.40. The van der Waals surface area contributed by atoms with Crippen LogP contribution in [0.4, 0.5) is 0 Å². The molecule has 1 aromatic rings. The number of aliphatic hydroxyl groups is 1. The summed E-state index contributed by atoms with van der Waals surface area (Å²) in [5.41, 5.74) is 0. The minimum atomic E-state index is -0.0000271. The maximum Gasteiger partial charge on any atom is 0.159 e. The lowest BCUT2D eigenvalue weighted by Crippen LogP contribution is -2.47. The molecule has 6 nitrogen and oxygen atoms in total. The summed E-state index contributed by atoms with van der Waals surface area (Å²) in [6.45, 7) is 1.79. The van der Waals surface area contributed by atoms with Gasteiger partial charge in [0.05, 0.1) is 0 Å². The van der Waals surface area contributed by atoms with Gasteiger partial charge >= 0.3 is 0 Å². The highest BCUT2D eigenvalue weighted by molar-refractivity contribution is 5.12. The van der Waals surface area contributed by atoms with Gasteiger partial charge in [0, 0.05) is 37.3 Å². The molecule has 0 aromatic carbocycles. The van der Waals surface area contributed by atoms with Gasteiger partial charge in [0.15, 0.2) is 5.82 Å². The third-order valence-corrected chi connectivity index (χ3v) is 5.04. The van der Waals surface area contributed by atoms with Crippen LogP contribution in [-0.2, 0) is 11.3 Å². The van der Waals surface area contributed by atoms with Gasteiger partial charge in [-0.3, -0.25) is 0 Å². The smallest absolute Gasteiger partial charge is 0.159 e. The maximum atomic E-state index is 9.40. The Labute approximate surface area is 124 Å². The Balaban J connectivity index is 1.36. The normalized spacial score (nSPS) is 30.3. The molecule has 1 aliphatic heterocycles. The molecule has 6 heteroatoms. The Kier molecular flexibility index (Phi) is 3.69. The molecule has 116 valence electrons. The average molecular weight is 292 g/mol. The molecule has 0 atom stereocenters. The predicted octanol–water partition coefficient (Wildman–Crippen LogP) is 1.12. The molecule has 2 saturated carbocycles. The Morgan fingerprint density at radius 2 is 1.86 bits per heavy atom. The van der Waals surface area contributed by atoms with Crippen molar-refractivity contribution in [3.8, 4) is 0 Å². The van der Waals surface area contributed by atoms with E-state index < -0.39 is 0 Å². The Morgan fingerprint density at radius 3 is 2.52 bits per heavy atom. The van der Waals surface area contributed by atoms with Crippen molar-refractivity contribution in [3.63, 3.8) is 0 Å². The van der Waals surface area contributed by atoms with Gasteiger partial charge in [-0.1, -0.05) is 0 Å². The van der Waals surface area contributed by atoms with Gasteiger partial charge in [-0.05, 0) is 38.5 Å². The van der Waals surface area contributed by atoms with Gasteiger partial charge in [0.25, 0.3) is 0 Å². The molecule has 1 saturated heterocycles. The van der Waals surface area contributed by atoms with E-state index in [0.717, 1.165) is 50.5 Å². The first kappa shape index (κ1) is 13.7. The van der Waals surface area contributed by atoms with Crippen LogP contribution < -0.4 is 5.32 Å². The van der Waals surface area contributed by atoms with Crippen molar-refractivity contribution in [2.75, 3.05) is 13.2 Å². The molecule has 3 fully saturated rings. The first-order valence-corrected chi connectivity index (χ1v) is 8.23. The number of nitrogens with one attached hydrogen (secondary N) is 1. The highest BCUT2D eigenvalue weighted by atomic mass is 16.5.